The van der Waals surface area contributed by atoms with Gasteiger partial charge in [0, 0.05) is 0 Å². The fraction of sp³-hybridized carbons (Fsp3) is 0.562. The van der Waals surface area contributed by atoms with Crippen molar-refractivity contribution in [3.8, 4) is 5.75 Å². The lowest BCUT2D eigenvalue weighted by molar-refractivity contribution is 0.0211. The van der Waals surface area contributed by atoms with Crippen LogP contribution < -0.4 is 10.5 Å². The molecular formula is C16H23NO3. The van der Waals surface area contributed by atoms with Crippen molar-refractivity contribution >= 4 is 11.7 Å². The van der Waals surface area contributed by atoms with Gasteiger partial charge >= 0.3 is 5.97 Å². The molecule has 1 aliphatic carbocycles. The molecule has 1 aromatic carbocycles. The van der Waals surface area contributed by atoms with E-state index in [0.717, 1.165) is 25.7 Å². The van der Waals surface area contributed by atoms with Crippen molar-refractivity contribution < 1.29 is 14.3 Å². The smallest absolute Gasteiger partial charge is 0.338 e. The molecule has 0 bridgehead atoms. The van der Waals surface area contributed by atoms with Gasteiger partial charge in [-0.2, -0.15) is 0 Å². The van der Waals surface area contributed by atoms with Gasteiger partial charge in [-0.25, -0.2) is 4.79 Å². The zero-order valence-corrected chi connectivity index (χ0v) is 12.2. The first kappa shape index (κ1) is 14.7. The Labute approximate surface area is 120 Å². The average Bonchev–Trinajstić information content (AvgIpc) is 2.41. The van der Waals surface area contributed by atoms with Gasteiger partial charge in [-0.1, -0.05) is 6.42 Å². The molecule has 1 saturated carbocycles. The second-order valence-corrected chi connectivity index (χ2v) is 5.58. The highest BCUT2D eigenvalue weighted by atomic mass is 16.5. The number of ether oxygens (including phenoxy) is 2. The summed E-state index contributed by atoms with van der Waals surface area (Å²) in [6.45, 7) is 3.87. The summed E-state index contributed by atoms with van der Waals surface area (Å²) in [5.41, 5.74) is 6.87. The predicted molar refractivity (Wildman–Crippen MR) is 78.9 cm³/mol. The van der Waals surface area contributed by atoms with Crippen LogP contribution in [0, 0.1) is 0 Å². The topological polar surface area (TPSA) is 61.5 Å². The van der Waals surface area contributed by atoms with Gasteiger partial charge in [0.15, 0.2) is 0 Å². The molecule has 2 rings (SSSR count). The Morgan fingerprint density at radius 2 is 1.95 bits per heavy atom. The molecule has 0 atom stereocenters. The Balaban J connectivity index is 2.01. The number of benzene rings is 1. The third-order valence-electron chi connectivity index (χ3n) is 3.43. The first-order valence-corrected chi connectivity index (χ1v) is 7.33. The Morgan fingerprint density at radius 1 is 1.25 bits per heavy atom. The fourth-order valence-corrected chi connectivity index (χ4v) is 2.44. The second-order valence-electron chi connectivity index (χ2n) is 5.58. The highest BCUT2D eigenvalue weighted by molar-refractivity contribution is 5.91. The molecule has 0 aliphatic heterocycles. The molecule has 0 spiro atoms. The number of hydrogen-bond donors (Lipinski definition) is 1. The normalized spacial score (nSPS) is 16.1. The molecule has 0 unspecified atom stereocenters. The molecular weight excluding hydrogens is 254 g/mol. The van der Waals surface area contributed by atoms with Crippen molar-refractivity contribution in [1.82, 2.24) is 0 Å². The van der Waals surface area contributed by atoms with Crippen LogP contribution in [0.4, 0.5) is 5.69 Å². The zero-order valence-electron chi connectivity index (χ0n) is 12.2. The molecule has 0 aromatic heterocycles. The van der Waals surface area contributed by atoms with E-state index in [9.17, 15) is 4.79 Å². The quantitative estimate of drug-likeness (QED) is 0.675. The summed E-state index contributed by atoms with van der Waals surface area (Å²) in [4.78, 5) is 12.1. The van der Waals surface area contributed by atoms with Crippen molar-refractivity contribution in [2.45, 2.75) is 58.2 Å². The van der Waals surface area contributed by atoms with Crippen molar-refractivity contribution in [2.24, 2.45) is 0 Å². The first-order valence-electron chi connectivity index (χ1n) is 7.33. The van der Waals surface area contributed by atoms with Gasteiger partial charge in [0.1, 0.15) is 11.9 Å². The van der Waals surface area contributed by atoms with Crippen LogP contribution in [-0.4, -0.2) is 18.2 Å². The number of nitrogens with two attached hydrogens (primary N) is 1. The van der Waals surface area contributed by atoms with Gasteiger partial charge in [-0.05, 0) is 57.7 Å². The highest BCUT2D eigenvalue weighted by Crippen LogP contribution is 2.26. The molecule has 4 nitrogen and oxygen atoms in total. The van der Waals surface area contributed by atoms with Crippen LogP contribution in [0.15, 0.2) is 18.2 Å². The average molecular weight is 277 g/mol. The minimum Gasteiger partial charge on any atom is -0.489 e. The van der Waals surface area contributed by atoms with Crippen molar-refractivity contribution in [1.29, 1.82) is 0 Å². The lowest BCUT2D eigenvalue weighted by atomic mass is 9.98. The number of anilines is 1. The van der Waals surface area contributed by atoms with Crippen molar-refractivity contribution in [3.63, 3.8) is 0 Å². The van der Waals surface area contributed by atoms with Crippen LogP contribution in [0.2, 0.25) is 0 Å². The maximum absolute atomic E-state index is 12.1. The molecule has 1 aliphatic rings. The van der Waals surface area contributed by atoms with E-state index in [1.807, 2.05) is 13.8 Å². The molecule has 0 heterocycles. The number of esters is 1. The van der Waals surface area contributed by atoms with E-state index in [2.05, 4.69) is 0 Å². The van der Waals surface area contributed by atoms with Crippen LogP contribution in [0.5, 0.6) is 5.75 Å². The van der Waals surface area contributed by atoms with Crippen LogP contribution in [0.25, 0.3) is 0 Å². The molecule has 0 saturated heterocycles. The Bertz CT molecular complexity index is 465. The Hall–Kier alpha value is -1.71. The summed E-state index contributed by atoms with van der Waals surface area (Å²) in [5, 5.41) is 0. The molecule has 1 aromatic rings. The number of carbonyl (C=O) groups excluding carboxylic acids is 1. The van der Waals surface area contributed by atoms with Gasteiger partial charge < -0.3 is 15.2 Å². The number of rotatable bonds is 4. The van der Waals surface area contributed by atoms with Crippen molar-refractivity contribution in [2.75, 3.05) is 5.73 Å². The van der Waals surface area contributed by atoms with E-state index >= 15 is 0 Å². The highest BCUT2D eigenvalue weighted by Gasteiger charge is 2.19. The standard InChI is InChI=1S/C16H23NO3/c1-11(2)19-15-9-8-12(10-14(15)17)16(18)20-13-6-4-3-5-7-13/h8-11,13H,3-7,17H2,1-2H3. The predicted octanol–water partition coefficient (Wildman–Crippen LogP) is 3.55. The zero-order chi connectivity index (χ0) is 14.5. The SMILES string of the molecule is CC(C)Oc1ccc(C(=O)OC2CCCCC2)cc1N. The minimum absolute atomic E-state index is 0.0531. The third kappa shape index (κ3) is 3.89. The van der Waals surface area contributed by atoms with Gasteiger partial charge in [-0.15, -0.1) is 0 Å². The molecule has 4 heteroatoms. The summed E-state index contributed by atoms with van der Waals surface area (Å²) >= 11 is 0. The summed E-state index contributed by atoms with van der Waals surface area (Å²) in [7, 11) is 0. The molecule has 0 amide bonds. The first-order chi connectivity index (χ1) is 9.56. The van der Waals surface area contributed by atoms with E-state index in [1.54, 1.807) is 18.2 Å². The van der Waals surface area contributed by atoms with Crippen molar-refractivity contribution in [3.05, 3.63) is 23.8 Å². The molecule has 110 valence electrons. The van der Waals surface area contributed by atoms with E-state index in [1.165, 1.54) is 6.42 Å². The maximum atomic E-state index is 12.1. The van der Waals surface area contributed by atoms with Crippen LogP contribution >= 0.6 is 0 Å². The minimum atomic E-state index is -0.292. The van der Waals surface area contributed by atoms with Crippen LogP contribution in [0.3, 0.4) is 0 Å². The molecule has 0 radical (unpaired) electrons. The summed E-state index contributed by atoms with van der Waals surface area (Å²) < 4.78 is 11.1. The lowest BCUT2D eigenvalue weighted by Gasteiger charge is -2.22. The van der Waals surface area contributed by atoms with Gasteiger partial charge in [0.25, 0.3) is 0 Å². The van der Waals surface area contributed by atoms with Gasteiger partial charge in [-0.3, -0.25) is 0 Å². The largest absolute Gasteiger partial charge is 0.489 e. The van der Waals surface area contributed by atoms with Gasteiger partial charge in [0.05, 0.1) is 17.4 Å². The lowest BCUT2D eigenvalue weighted by Crippen LogP contribution is -2.21. The summed E-state index contributed by atoms with van der Waals surface area (Å²) in [5.74, 6) is 0.314. The number of hydrogen-bond acceptors (Lipinski definition) is 4. The second kappa shape index (κ2) is 6.64. The molecule has 1 fully saturated rings. The maximum Gasteiger partial charge on any atom is 0.338 e. The Morgan fingerprint density at radius 3 is 2.55 bits per heavy atom. The van der Waals surface area contributed by atoms with E-state index in [4.69, 9.17) is 15.2 Å². The third-order valence-corrected chi connectivity index (χ3v) is 3.43. The monoisotopic (exact) mass is 277 g/mol. The fourth-order valence-electron chi connectivity index (χ4n) is 2.44. The van der Waals surface area contributed by atoms with Gasteiger partial charge in [0.2, 0.25) is 0 Å². The van der Waals surface area contributed by atoms with E-state index < -0.39 is 0 Å². The Kier molecular flexibility index (Phi) is 4.88. The summed E-state index contributed by atoms with van der Waals surface area (Å²) in [6.07, 6.45) is 5.57. The summed E-state index contributed by atoms with van der Waals surface area (Å²) in [6, 6.07) is 5.06. The van der Waals surface area contributed by atoms with Crippen LogP contribution in [-0.2, 0) is 4.74 Å². The molecule has 20 heavy (non-hydrogen) atoms. The van der Waals surface area contributed by atoms with E-state index in [-0.39, 0.29) is 18.2 Å². The van der Waals surface area contributed by atoms with E-state index in [0.29, 0.717) is 17.0 Å². The molecule has 2 N–H and O–H groups in total. The number of nitrogen functional groups attached to an aromatic ring is 1. The number of carbonyl (C=O) groups is 1. The van der Waals surface area contributed by atoms with Crippen LogP contribution in [0.1, 0.15) is 56.3 Å².